The first kappa shape index (κ1) is 29.8. The topological polar surface area (TPSA) is 99.2 Å². The van der Waals surface area contributed by atoms with Crippen molar-refractivity contribution in [3.8, 4) is 11.5 Å². The van der Waals surface area contributed by atoms with Crippen molar-refractivity contribution >= 4 is 33.4 Å². The van der Waals surface area contributed by atoms with Crippen molar-refractivity contribution in [2.45, 2.75) is 39.2 Å². The van der Waals surface area contributed by atoms with Crippen LogP contribution in [0.3, 0.4) is 0 Å². The third-order valence-electron chi connectivity index (χ3n) is 7.25. The van der Waals surface area contributed by atoms with E-state index in [-0.39, 0.29) is 24.8 Å². The summed E-state index contributed by atoms with van der Waals surface area (Å²) in [6.45, 7) is 6.07. The van der Waals surface area contributed by atoms with Crippen LogP contribution in [0.5, 0.6) is 11.5 Å². The number of likely N-dealkylation sites (N-methyl/N-ethyl adjacent to an activating group) is 1. The molecular formula is C30H39N3O6S. The highest BCUT2D eigenvalue weighted by molar-refractivity contribution is 7.18. The summed E-state index contributed by atoms with van der Waals surface area (Å²) in [6, 6.07) is 11.8. The maximum absolute atomic E-state index is 13.5. The standard InChI is InChI=1S/C30H39N3O6S/c1-5-38-14-12-33(2)11-8-13-39-25-15-23-26(16-24(25)36-3)40-27(32-23)20-31-29(35)30(19-28(34)37-4)17-21-9-6-7-10-22(21)18-30/h6-7,9-10,15-16H,5,8,11-14,17-20H2,1-4H3,(H,31,35). The van der Waals surface area contributed by atoms with Gasteiger partial charge in [0, 0.05) is 31.8 Å². The summed E-state index contributed by atoms with van der Waals surface area (Å²) in [6.07, 6.45) is 1.91. The molecule has 0 fully saturated rings. The molecule has 216 valence electrons. The molecule has 1 N–H and O–H groups in total. The van der Waals surface area contributed by atoms with Gasteiger partial charge < -0.3 is 29.2 Å². The van der Waals surface area contributed by atoms with Gasteiger partial charge in [-0.15, -0.1) is 11.3 Å². The highest BCUT2D eigenvalue weighted by Gasteiger charge is 2.45. The number of amides is 1. The van der Waals surface area contributed by atoms with Crippen LogP contribution < -0.4 is 14.8 Å². The van der Waals surface area contributed by atoms with Crippen molar-refractivity contribution in [2.24, 2.45) is 5.41 Å². The molecule has 0 unspecified atom stereocenters. The van der Waals surface area contributed by atoms with Crippen molar-refractivity contribution < 1.29 is 28.5 Å². The SMILES string of the molecule is CCOCCN(C)CCCOc1cc2nc(CNC(=O)C3(CC(=O)OC)Cc4ccccc4C3)sc2cc1OC. The largest absolute Gasteiger partial charge is 0.493 e. The average molecular weight is 570 g/mol. The van der Waals surface area contributed by atoms with Gasteiger partial charge in [0.05, 0.1) is 56.0 Å². The first-order valence-corrected chi connectivity index (χ1v) is 14.5. The van der Waals surface area contributed by atoms with Crippen molar-refractivity contribution in [1.82, 2.24) is 15.2 Å². The van der Waals surface area contributed by atoms with Crippen LogP contribution in [0.1, 0.15) is 35.9 Å². The Kier molecular flexibility index (Phi) is 10.4. The van der Waals surface area contributed by atoms with Gasteiger partial charge in [0.25, 0.3) is 0 Å². The van der Waals surface area contributed by atoms with Crippen molar-refractivity contribution in [3.05, 3.63) is 52.5 Å². The van der Waals surface area contributed by atoms with Gasteiger partial charge in [0.1, 0.15) is 5.01 Å². The monoisotopic (exact) mass is 569 g/mol. The molecule has 0 bridgehead atoms. The van der Waals surface area contributed by atoms with E-state index in [0.29, 0.717) is 30.9 Å². The van der Waals surface area contributed by atoms with Crippen molar-refractivity contribution in [3.63, 3.8) is 0 Å². The Bertz CT molecular complexity index is 1280. The Morgan fingerprint density at radius 3 is 2.50 bits per heavy atom. The molecule has 3 aromatic rings. The first-order chi connectivity index (χ1) is 19.4. The molecular weight excluding hydrogens is 530 g/mol. The molecule has 1 heterocycles. The lowest BCUT2D eigenvalue weighted by Crippen LogP contribution is -2.43. The third kappa shape index (κ3) is 7.30. The lowest BCUT2D eigenvalue weighted by Gasteiger charge is -2.26. The number of fused-ring (bicyclic) bond motifs is 2. The number of thiazole rings is 1. The fraction of sp³-hybridized carbons (Fsp3) is 0.500. The minimum Gasteiger partial charge on any atom is -0.493 e. The van der Waals surface area contributed by atoms with Gasteiger partial charge in [-0.2, -0.15) is 0 Å². The van der Waals surface area contributed by atoms with Gasteiger partial charge in [0.15, 0.2) is 11.5 Å². The van der Waals surface area contributed by atoms with Crippen LogP contribution in [0.15, 0.2) is 36.4 Å². The predicted octanol–water partition coefficient (Wildman–Crippen LogP) is 4.01. The molecule has 4 rings (SSSR count). The van der Waals surface area contributed by atoms with Gasteiger partial charge in [-0.25, -0.2) is 4.98 Å². The lowest BCUT2D eigenvalue weighted by molar-refractivity contribution is -0.148. The van der Waals surface area contributed by atoms with Crippen LogP contribution in [0.2, 0.25) is 0 Å². The van der Waals surface area contributed by atoms with Crippen LogP contribution in [-0.4, -0.2) is 75.9 Å². The molecule has 0 radical (unpaired) electrons. The van der Waals surface area contributed by atoms with Gasteiger partial charge in [-0.05, 0) is 44.4 Å². The number of carbonyl (C=O) groups excluding carboxylic acids is 2. The molecule has 10 heteroatoms. The second-order valence-corrected chi connectivity index (χ2v) is 11.2. The van der Waals surface area contributed by atoms with Crippen LogP contribution >= 0.6 is 11.3 Å². The molecule has 0 spiro atoms. The highest BCUT2D eigenvalue weighted by Crippen LogP contribution is 2.41. The summed E-state index contributed by atoms with van der Waals surface area (Å²) in [5, 5.41) is 3.81. The maximum atomic E-state index is 13.5. The van der Waals surface area contributed by atoms with E-state index in [4.69, 9.17) is 23.9 Å². The summed E-state index contributed by atoms with van der Waals surface area (Å²) in [5.74, 6) is 0.742. The van der Waals surface area contributed by atoms with E-state index in [0.717, 1.165) is 59.1 Å². The number of nitrogens with one attached hydrogen (secondary N) is 1. The highest BCUT2D eigenvalue weighted by atomic mass is 32.1. The molecule has 9 nitrogen and oxygen atoms in total. The number of hydrogen-bond acceptors (Lipinski definition) is 9. The Hall–Kier alpha value is -3.21. The van der Waals surface area contributed by atoms with E-state index in [9.17, 15) is 9.59 Å². The van der Waals surface area contributed by atoms with Gasteiger partial charge >= 0.3 is 5.97 Å². The quantitative estimate of drug-likeness (QED) is 0.217. The van der Waals surface area contributed by atoms with Gasteiger partial charge in [-0.3, -0.25) is 9.59 Å². The van der Waals surface area contributed by atoms with E-state index >= 15 is 0 Å². The van der Waals surface area contributed by atoms with Gasteiger partial charge in [-0.1, -0.05) is 24.3 Å². The predicted molar refractivity (Wildman–Crippen MR) is 155 cm³/mol. The second kappa shape index (κ2) is 13.9. The zero-order valence-electron chi connectivity index (χ0n) is 23.8. The molecule has 40 heavy (non-hydrogen) atoms. The van der Waals surface area contributed by atoms with E-state index in [2.05, 4.69) is 17.3 Å². The maximum Gasteiger partial charge on any atom is 0.306 e. The zero-order chi connectivity index (χ0) is 28.5. The summed E-state index contributed by atoms with van der Waals surface area (Å²) in [4.78, 5) is 32.7. The Morgan fingerprint density at radius 2 is 1.82 bits per heavy atom. The van der Waals surface area contributed by atoms with Gasteiger partial charge in [0.2, 0.25) is 5.91 Å². The number of benzene rings is 2. The fourth-order valence-corrected chi connectivity index (χ4v) is 5.99. The van der Waals surface area contributed by atoms with Crippen molar-refractivity contribution in [2.75, 3.05) is 54.2 Å². The molecule has 0 atom stereocenters. The Labute approximate surface area is 239 Å². The summed E-state index contributed by atoms with van der Waals surface area (Å²) in [5.41, 5.74) is 2.11. The minimum atomic E-state index is -0.866. The summed E-state index contributed by atoms with van der Waals surface area (Å²) in [7, 11) is 5.05. The number of nitrogens with zero attached hydrogens (tertiary/aromatic N) is 2. The Balaban J connectivity index is 1.38. The number of hydrogen-bond donors (Lipinski definition) is 1. The molecule has 1 aliphatic carbocycles. The average Bonchev–Trinajstić information content (AvgIpc) is 3.54. The van der Waals surface area contributed by atoms with E-state index < -0.39 is 5.41 Å². The molecule has 1 amide bonds. The van der Waals surface area contributed by atoms with E-state index in [1.165, 1.54) is 18.4 Å². The molecule has 1 aliphatic rings. The number of methoxy groups -OCH3 is 2. The third-order valence-corrected chi connectivity index (χ3v) is 8.27. The molecule has 0 aliphatic heterocycles. The molecule has 0 saturated carbocycles. The summed E-state index contributed by atoms with van der Waals surface area (Å²) < 4.78 is 22.9. The van der Waals surface area contributed by atoms with Crippen LogP contribution in [0, 0.1) is 5.41 Å². The lowest BCUT2D eigenvalue weighted by atomic mass is 9.80. The molecule has 1 aromatic heterocycles. The second-order valence-electron chi connectivity index (χ2n) is 10.1. The van der Waals surface area contributed by atoms with Crippen LogP contribution in [-0.2, 0) is 38.4 Å². The smallest absolute Gasteiger partial charge is 0.306 e. The number of esters is 1. The van der Waals surface area contributed by atoms with Crippen LogP contribution in [0.25, 0.3) is 10.2 Å². The zero-order valence-corrected chi connectivity index (χ0v) is 24.6. The van der Waals surface area contributed by atoms with Crippen molar-refractivity contribution in [1.29, 1.82) is 0 Å². The first-order valence-electron chi connectivity index (χ1n) is 13.7. The molecule has 2 aromatic carbocycles. The van der Waals surface area contributed by atoms with Crippen LogP contribution in [0.4, 0.5) is 0 Å². The fourth-order valence-electron chi connectivity index (χ4n) is 5.08. The minimum absolute atomic E-state index is 0.0318. The molecule has 0 saturated heterocycles. The number of carbonyl (C=O) groups is 2. The normalized spacial score (nSPS) is 13.8. The van der Waals surface area contributed by atoms with E-state index in [1.807, 2.05) is 43.3 Å². The van der Waals surface area contributed by atoms with E-state index in [1.54, 1.807) is 7.11 Å². The number of aromatic nitrogens is 1. The Morgan fingerprint density at radius 1 is 1.07 bits per heavy atom. The number of rotatable bonds is 15. The summed E-state index contributed by atoms with van der Waals surface area (Å²) >= 11 is 1.49. The number of ether oxygens (including phenoxy) is 4.